The third kappa shape index (κ3) is 1.91. The standard InChI is InChI=1S/C18H12N2O/c21-18(16-12-19-20-10-4-3-7-17(16)20)15-9-8-13-5-1-2-6-14(13)11-15/h1-12H. The lowest BCUT2D eigenvalue weighted by Gasteiger charge is -2.02. The lowest BCUT2D eigenvalue weighted by Crippen LogP contribution is -2.00. The fraction of sp³-hybridized carbons (Fsp3) is 0. The van der Waals surface area contributed by atoms with Crippen LogP contribution < -0.4 is 0 Å². The number of ketones is 1. The fourth-order valence-corrected chi connectivity index (χ4v) is 2.60. The molecule has 0 saturated carbocycles. The van der Waals surface area contributed by atoms with Gasteiger partial charge >= 0.3 is 0 Å². The smallest absolute Gasteiger partial charge is 0.196 e. The highest BCUT2D eigenvalue weighted by molar-refractivity contribution is 6.14. The molecule has 0 bridgehead atoms. The summed E-state index contributed by atoms with van der Waals surface area (Å²) in [4.78, 5) is 12.7. The third-order valence-corrected chi connectivity index (χ3v) is 3.68. The van der Waals surface area contributed by atoms with E-state index >= 15 is 0 Å². The molecule has 0 N–H and O–H groups in total. The van der Waals surface area contributed by atoms with Gasteiger partial charge in [0.15, 0.2) is 5.78 Å². The van der Waals surface area contributed by atoms with Crippen LogP contribution in [-0.2, 0) is 0 Å². The molecule has 3 nitrogen and oxygen atoms in total. The van der Waals surface area contributed by atoms with Crippen molar-refractivity contribution in [2.24, 2.45) is 0 Å². The zero-order valence-corrected chi connectivity index (χ0v) is 11.2. The topological polar surface area (TPSA) is 34.4 Å². The van der Waals surface area contributed by atoms with Crippen molar-refractivity contribution in [3.05, 3.63) is 84.2 Å². The first kappa shape index (κ1) is 11.9. The summed E-state index contributed by atoms with van der Waals surface area (Å²) in [5.41, 5.74) is 2.15. The second-order valence-corrected chi connectivity index (χ2v) is 4.98. The van der Waals surface area contributed by atoms with E-state index in [1.54, 1.807) is 10.7 Å². The first-order valence-electron chi connectivity index (χ1n) is 6.79. The van der Waals surface area contributed by atoms with Gasteiger partial charge in [-0.25, -0.2) is 4.52 Å². The Morgan fingerprint density at radius 2 is 1.71 bits per heavy atom. The van der Waals surface area contributed by atoms with Crippen molar-refractivity contribution < 1.29 is 4.79 Å². The maximum Gasteiger partial charge on any atom is 0.196 e. The average Bonchev–Trinajstić information content (AvgIpc) is 2.98. The molecule has 4 rings (SSSR count). The minimum atomic E-state index is 0.00181. The van der Waals surface area contributed by atoms with Gasteiger partial charge in [0.1, 0.15) is 0 Å². The molecule has 2 aromatic heterocycles. The number of carbonyl (C=O) groups excluding carboxylic acids is 1. The summed E-state index contributed by atoms with van der Waals surface area (Å²) in [6.45, 7) is 0. The number of hydrogen-bond donors (Lipinski definition) is 0. The van der Waals surface area contributed by atoms with Gasteiger partial charge in [-0.15, -0.1) is 0 Å². The van der Waals surface area contributed by atoms with Crippen molar-refractivity contribution in [3.63, 3.8) is 0 Å². The van der Waals surface area contributed by atoms with Crippen molar-refractivity contribution in [3.8, 4) is 0 Å². The minimum Gasteiger partial charge on any atom is -0.288 e. The summed E-state index contributed by atoms with van der Waals surface area (Å²) in [6.07, 6.45) is 3.47. The Bertz CT molecular complexity index is 969. The maximum atomic E-state index is 12.7. The van der Waals surface area contributed by atoms with Gasteiger partial charge in [-0.05, 0) is 29.0 Å². The molecule has 0 atom stereocenters. The van der Waals surface area contributed by atoms with Crippen molar-refractivity contribution >= 4 is 22.1 Å². The van der Waals surface area contributed by atoms with Crippen molar-refractivity contribution in [1.29, 1.82) is 0 Å². The maximum absolute atomic E-state index is 12.7. The number of nitrogens with zero attached hydrogens (tertiary/aromatic N) is 2. The molecule has 0 saturated heterocycles. The molecule has 0 aliphatic heterocycles. The van der Waals surface area contributed by atoms with Gasteiger partial charge in [-0.2, -0.15) is 5.10 Å². The summed E-state index contributed by atoms with van der Waals surface area (Å²) in [5, 5.41) is 6.43. The van der Waals surface area contributed by atoms with E-state index in [-0.39, 0.29) is 5.78 Å². The third-order valence-electron chi connectivity index (χ3n) is 3.68. The Kier molecular flexibility index (Phi) is 2.57. The summed E-state index contributed by atoms with van der Waals surface area (Å²) in [6, 6.07) is 19.5. The van der Waals surface area contributed by atoms with Gasteiger partial charge in [0, 0.05) is 11.8 Å². The first-order chi connectivity index (χ1) is 10.3. The van der Waals surface area contributed by atoms with E-state index in [9.17, 15) is 4.79 Å². The van der Waals surface area contributed by atoms with E-state index in [0.717, 1.165) is 16.3 Å². The Balaban J connectivity index is 1.86. The van der Waals surface area contributed by atoms with Crippen LogP contribution in [0.25, 0.3) is 16.3 Å². The summed E-state index contributed by atoms with van der Waals surface area (Å²) >= 11 is 0. The minimum absolute atomic E-state index is 0.00181. The number of hydrogen-bond acceptors (Lipinski definition) is 2. The summed E-state index contributed by atoms with van der Waals surface area (Å²) in [5.74, 6) is 0.00181. The Morgan fingerprint density at radius 3 is 2.62 bits per heavy atom. The van der Waals surface area contributed by atoms with Crippen LogP contribution in [0.3, 0.4) is 0 Å². The van der Waals surface area contributed by atoms with Gasteiger partial charge in [-0.1, -0.05) is 42.5 Å². The van der Waals surface area contributed by atoms with Gasteiger partial charge in [-0.3, -0.25) is 4.79 Å². The molecule has 0 aliphatic carbocycles. The van der Waals surface area contributed by atoms with Gasteiger partial charge < -0.3 is 0 Å². The number of carbonyl (C=O) groups is 1. The van der Waals surface area contributed by atoms with E-state index in [2.05, 4.69) is 5.10 Å². The highest BCUT2D eigenvalue weighted by Gasteiger charge is 2.14. The molecule has 0 spiro atoms. The Morgan fingerprint density at radius 1 is 0.905 bits per heavy atom. The van der Waals surface area contributed by atoms with E-state index in [4.69, 9.17) is 0 Å². The van der Waals surface area contributed by atoms with Crippen LogP contribution in [0.2, 0.25) is 0 Å². The van der Waals surface area contributed by atoms with Gasteiger partial charge in [0.2, 0.25) is 0 Å². The predicted octanol–water partition coefficient (Wildman–Crippen LogP) is 3.72. The molecular formula is C18H12N2O. The SMILES string of the molecule is O=C(c1ccc2ccccc2c1)c1cnn2ccccc12. The second kappa shape index (κ2) is 4.56. The van der Waals surface area contributed by atoms with Crippen molar-refractivity contribution in [2.45, 2.75) is 0 Å². The van der Waals surface area contributed by atoms with E-state index in [1.807, 2.05) is 66.9 Å². The highest BCUT2D eigenvalue weighted by Crippen LogP contribution is 2.20. The van der Waals surface area contributed by atoms with Gasteiger partial charge in [0.25, 0.3) is 0 Å². The molecule has 4 aromatic rings. The normalized spacial score (nSPS) is 11.0. The highest BCUT2D eigenvalue weighted by atomic mass is 16.1. The molecule has 0 amide bonds. The fourth-order valence-electron chi connectivity index (χ4n) is 2.60. The van der Waals surface area contributed by atoms with E-state index < -0.39 is 0 Å². The zero-order valence-electron chi connectivity index (χ0n) is 11.2. The number of rotatable bonds is 2. The summed E-state index contributed by atoms with van der Waals surface area (Å²) in [7, 11) is 0. The quantitative estimate of drug-likeness (QED) is 0.521. The number of pyridine rings is 1. The van der Waals surface area contributed by atoms with E-state index in [0.29, 0.717) is 11.1 Å². The molecule has 21 heavy (non-hydrogen) atoms. The first-order valence-corrected chi connectivity index (χ1v) is 6.79. The van der Waals surface area contributed by atoms with Crippen LogP contribution in [0, 0.1) is 0 Å². The van der Waals surface area contributed by atoms with Crippen LogP contribution >= 0.6 is 0 Å². The Labute approximate surface area is 121 Å². The molecule has 0 unspecified atom stereocenters. The molecule has 0 fully saturated rings. The summed E-state index contributed by atoms with van der Waals surface area (Å²) < 4.78 is 1.72. The van der Waals surface area contributed by atoms with Crippen LogP contribution in [-0.4, -0.2) is 15.4 Å². The van der Waals surface area contributed by atoms with Crippen molar-refractivity contribution in [1.82, 2.24) is 9.61 Å². The lowest BCUT2D eigenvalue weighted by atomic mass is 10.0. The van der Waals surface area contributed by atoms with Crippen LogP contribution in [0.4, 0.5) is 0 Å². The van der Waals surface area contributed by atoms with E-state index in [1.165, 1.54) is 0 Å². The molecule has 100 valence electrons. The number of benzene rings is 2. The van der Waals surface area contributed by atoms with Crippen LogP contribution in [0.15, 0.2) is 73.1 Å². The van der Waals surface area contributed by atoms with Crippen LogP contribution in [0.5, 0.6) is 0 Å². The molecule has 2 heterocycles. The largest absolute Gasteiger partial charge is 0.288 e. The molecular weight excluding hydrogens is 260 g/mol. The predicted molar refractivity (Wildman–Crippen MR) is 82.6 cm³/mol. The van der Waals surface area contributed by atoms with Crippen molar-refractivity contribution in [2.75, 3.05) is 0 Å². The van der Waals surface area contributed by atoms with Gasteiger partial charge in [0.05, 0.1) is 17.3 Å². The monoisotopic (exact) mass is 272 g/mol. The number of aromatic nitrogens is 2. The lowest BCUT2D eigenvalue weighted by molar-refractivity contribution is 0.104. The molecule has 3 heteroatoms. The molecule has 0 radical (unpaired) electrons. The molecule has 0 aliphatic rings. The second-order valence-electron chi connectivity index (χ2n) is 4.98. The Hall–Kier alpha value is -2.94. The zero-order chi connectivity index (χ0) is 14.2. The van der Waals surface area contributed by atoms with Crippen LogP contribution in [0.1, 0.15) is 15.9 Å². The number of fused-ring (bicyclic) bond motifs is 2. The molecule has 2 aromatic carbocycles. The average molecular weight is 272 g/mol.